The van der Waals surface area contributed by atoms with E-state index in [1.54, 1.807) is 0 Å². The summed E-state index contributed by atoms with van der Waals surface area (Å²) >= 11 is 0. The van der Waals surface area contributed by atoms with E-state index in [0.717, 1.165) is 12.8 Å². The van der Waals surface area contributed by atoms with Crippen molar-refractivity contribution in [3.8, 4) is 0 Å². The number of hydrogen-bond donors (Lipinski definition) is 2. The minimum absolute atomic E-state index is 0.0402. The lowest BCUT2D eigenvalue weighted by molar-refractivity contribution is 0.112. The lowest BCUT2D eigenvalue weighted by Crippen LogP contribution is -2.59. The van der Waals surface area contributed by atoms with E-state index in [0.29, 0.717) is 0 Å². The second kappa shape index (κ2) is 6.70. The van der Waals surface area contributed by atoms with Crippen LogP contribution in [-0.4, -0.2) is 30.6 Å². The van der Waals surface area contributed by atoms with E-state index < -0.39 is 0 Å². The van der Waals surface area contributed by atoms with E-state index in [1.807, 2.05) is 0 Å². The Hall–Kier alpha value is -0.900. The Balaban J connectivity index is 3.12. The number of aryl methyl sites for hydroxylation is 3. The molecule has 1 aromatic carbocycles. The molecule has 2 unspecified atom stereocenters. The first kappa shape index (κ1) is 17.2. The fourth-order valence-corrected chi connectivity index (χ4v) is 3.07. The number of nitrogens with one attached hydrogen (secondary N) is 1. The number of benzene rings is 1. The largest absolute Gasteiger partial charge is 0.302 e. The molecule has 3 nitrogen and oxygen atoms in total. The van der Waals surface area contributed by atoms with Crippen molar-refractivity contribution in [2.75, 3.05) is 14.1 Å². The molecule has 3 N–H and O–H groups in total. The van der Waals surface area contributed by atoms with E-state index in [1.165, 1.54) is 22.3 Å². The number of hydrazine groups is 1. The first-order valence-electron chi connectivity index (χ1n) is 7.46. The lowest BCUT2D eigenvalue weighted by atomic mass is 9.82. The maximum Gasteiger partial charge on any atom is 0.0432 e. The van der Waals surface area contributed by atoms with E-state index >= 15 is 0 Å². The van der Waals surface area contributed by atoms with Crippen LogP contribution in [0.4, 0.5) is 0 Å². The fourth-order valence-electron chi connectivity index (χ4n) is 3.07. The standard InChI is InChI=1S/C17H31N3/c1-8-17(5,20(6)7)16(19-18)11-15-13(3)9-12(2)10-14(15)4/h9-10,16,19H,8,11,18H2,1-7H3. The molecule has 0 bridgehead atoms. The SMILES string of the molecule is CCC(C)(C(Cc1c(C)cc(C)cc1C)NN)N(C)C. The molecule has 0 aliphatic rings. The van der Waals surface area contributed by atoms with Crippen LogP contribution in [0, 0.1) is 20.8 Å². The Morgan fingerprint density at radius 3 is 2.05 bits per heavy atom. The van der Waals surface area contributed by atoms with Crippen LogP contribution in [-0.2, 0) is 6.42 Å². The summed E-state index contributed by atoms with van der Waals surface area (Å²) in [4.78, 5) is 2.27. The number of nitrogens with zero attached hydrogens (tertiary/aromatic N) is 1. The van der Waals surface area contributed by atoms with Crippen LogP contribution < -0.4 is 11.3 Å². The number of likely N-dealkylation sites (N-methyl/N-ethyl adjacent to an activating group) is 1. The van der Waals surface area contributed by atoms with Gasteiger partial charge in [0.25, 0.3) is 0 Å². The van der Waals surface area contributed by atoms with Crippen molar-refractivity contribution in [3.63, 3.8) is 0 Å². The molecule has 0 saturated carbocycles. The maximum atomic E-state index is 5.87. The van der Waals surface area contributed by atoms with Crippen LogP contribution in [0.3, 0.4) is 0 Å². The van der Waals surface area contributed by atoms with Gasteiger partial charge in [-0.3, -0.25) is 11.3 Å². The molecular weight excluding hydrogens is 246 g/mol. The van der Waals surface area contributed by atoms with E-state index in [-0.39, 0.29) is 11.6 Å². The van der Waals surface area contributed by atoms with Crippen molar-refractivity contribution in [2.24, 2.45) is 5.84 Å². The lowest BCUT2D eigenvalue weighted by Gasteiger charge is -2.42. The van der Waals surface area contributed by atoms with Gasteiger partial charge in [0.05, 0.1) is 0 Å². The van der Waals surface area contributed by atoms with Gasteiger partial charge in [0, 0.05) is 11.6 Å². The molecule has 1 aromatic rings. The van der Waals surface area contributed by atoms with Crippen molar-refractivity contribution in [2.45, 2.75) is 59.0 Å². The van der Waals surface area contributed by atoms with Gasteiger partial charge in [-0.1, -0.05) is 24.6 Å². The van der Waals surface area contributed by atoms with Gasteiger partial charge in [-0.25, -0.2) is 0 Å². The molecule has 0 aromatic heterocycles. The topological polar surface area (TPSA) is 41.3 Å². The number of rotatable bonds is 6. The smallest absolute Gasteiger partial charge is 0.0432 e. The van der Waals surface area contributed by atoms with E-state index in [9.17, 15) is 0 Å². The number of hydrogen-bond acceptors (Lipinski definition) is 3. The van der Waals surface area contributed by atoms with Gasteiger partial charge in [-0.15, -0.1) is 0 Å². The summed E-state index contributed by atoms with van der Waals surface area (Å²) in [6.45, 7) is 11.0. The third-order valence-electron chi connectivity index (χ3n) is 4.94. The van der Waals surface area contributed by atoms with Gasteiger partial charge in [0.15, 0.2) is 0 Å². The molecular formula is C17H31N3. The molecule has 20 heavy (non-hydrogen) atoms. The molecule has 3 heteroatoms. The summed E-state index contributed by atoms with van der Waals surface area (Å²) in [7, 11) is 4.26. The minimum Gasteiger partial charge on any atom is -0.302 e. The van der Waals surface area contributed by atoms with Crippen LogP contribution >= 0.6 is 0 Å². The van der Waals surface area contributed by atoms with Crippen LogP contribution in [0.1, 0.15) is 42.5 Å². The molecule has 114 valence electrons. The fraction of sp³-hybridized carbons (Fsp3) is 0.647. The molecule has 0 fully saturated rings. The first-order chi connectivity index (χ1) is 9.26. The summed E-state index contributed by atoms with van der Waals surface area (Å²) in [6, 6.07) is 4.74. The van der Waals surface area contributed by atoms with Crippen molar-refractivity contribution >= 4 is 0 Å². The van der Waals surface area contributed by atoms with Crippen LogP contribution in [0.25, 0.3) is 0 Å². The van der Waals surface area contributed by atoms with Crippen LogP contribution in [0.5, 0.6) is 0 Å². The molecule has 1 rings (SSSR count). The summed E-state index contributed by atoms with van der Waals surface area (Å²) in [6.07, 6.45) is 2.01. The molecule has 2 atom stereocenters. The Morgan fingerprint density at radius 2 is 1.70 bits per heavy atom. The Kier molecular flexibility index (Phi) is 5.75. The average molecular weight is 277 g/mol. The summed E-state index contributed by atoms with van der Waals surface area (Å²) < 4.78 is 0. The zero-order chi connectivity index (χ0) is 15.5. The van der Waals surface area contributed by atoms with Crippen molar-refractivity contribution < 1.29 is 0 Å². The monoisotopic (exact) mass is 277 g/mol. The summed E-state index contributed by atoms with van der Waals surface area (Å²) in [5.74, 6) is 5.87. The Morgan fingerprint density at radius 1 is 1.20 bits per heavy atom. The number of nitrogens with two attached hydrogens (primary N) is 1. The molecule has 0 amide bonds. The van der Waals surface area contributed by atoms with Crippen molar-refractivity contribution in [3.05, 3.63) is 34.4 Å². The van der Waals surface area contributed by atoms with Gasteiger partial charge < -0.3 is 4.90 Å². The highest BCUT2D eigenvalue weighted by atomic mass is 15.3. The van der Waals surface area contributed by atoms with Gasteiger partial charge in [0.1, 0.15) is 0 Å². The predicted molar refractivity (Wildman–Crippen MR) is 87.9 cm³/mol. The molecule has 0 heterocycles. The van der Waals surface area contributed by atoms with E-state index in [4.69, 9.17) is 5.84 Å². The van der Waals surface area contributed by atoms with Crippen LogP contribution in [0.15, 0.2) is 12.1 Å². The highest BCUT2D eigenvalue weighted by molar-refractivity contribution is 5.38. The van der Waals surface area contributed by atoms with Crippen molar-refractivity contribution in [1.29, 1.82) is 0 Å². The quantitative estimate of drug-likeness (QED) is 0.620. The third-order valence-corrected chi connectivity index (χ3v) is 4.94. The van der Waals surface area contributed by atoms with Crippen LogP contribution in [0.2, 0.25) is 0 Å². The zero-order valence-electron chi connectivity index (χ0n) is 14.2. The Labute approximate surface area is 124 Å². The molecule has 0 spiro atoms. The second-order valence-electron chi connectivity index (χ2n) is 6.41. The zero-order valence-corrected chi connectivity index (χ0v) is 14.2. The van der Waals surface area contributed by atoms with Gasteiger partial charge in [-0.05, 0) is 71.3 Å². The second-order valence-corrected chi connectivity index (χ2v) is 6.41. The highest BCUT2D eigenvalue weighted by Gasteiger charge is 2.34. The van der Waals surface area contributed by atoms with Gasteiger partial charge in [0.2, 0.25) is 0 Å². The summed E-state index contributed by atoms with van der Waals surface area (Å²) in [5.41, 5.74) is 8.56. The molecule has 0 saturated heterocycles. The first-order valence-corrected chi connectivity index (χ1v) is 7.46. The summed E-state index contributed by atoms with van der Waals surface area (Å²) in [5, 5.41) is 0. The highest BCUT2D eigenvalue weighted by Crippen LogP contribution is 2.26. The third kappa shape index (κ3) is 3.40. The molecule has 0 radical (unpaired) electrons. The Bertz CT molecular complexity index is 431. The predicted octanol–water partition coefficient (Wildman–Crippen LogP) is 2.72. The normalized spacial score (nSPS) is 16.2. The van der Waals surface area contributed by atoms with Gasteiger partial charge >= 0.3 is 0 Å². The average Bonchev–Trinajstić information content (AvgIpc) is 2.36. The molecule has 0 aliphatic heterocycles. The molecule has 0 aliphatic carbocycles. The maximum absolute atomic E-state index is 5.87. The minimum atomic E-state index is 0.0402. The van der Waals surface area contributed by atoms with Crippen molar-refractivity contribution in [1.82, 2.24) is 10.3 Å². The van der Waals surface area contributed by atoms with E-state index in [2.05, 4.69) is 71.2 Å². The van der Waals surface area contributed by atoms with Gasteiger partial charge in [-0.2, -0.15) is 0 Å².